The number of hydrogen-bond acceptors (Lipinski definition) is 3. The van der Waals surface area contributed by atoms with E-state index < -0.39 is 0 Å². The first-order valence-corrected chi connectivity index (χ1v) is 10.7. The molecule has 0 saturated carbocycles. The second kappa shape index (κ2) is 7.88. The van der Waals surface area contributed by atoms with Gasteiger partial charge in [-0.25, -0.2) is 4.98 Å². The fourth-order valence-electron chi connectivity index (χ4n) is 3.61. The van der Waals surface area contributed by atoms with E-state index in [0.717, 1.165) is 33.2 Å². The molecule has 1 heterocycles. The fraction of sp³-hybridized carbons (Fsp3) is 0.200. The molecule has 0 spiro atoms. The summed E-state index contributed by atoms with van der Waals surface area (Å²) in [5.74, 6) is 0.767. The van der Waals surface area contributed by atoms with E-state index in [0.29, 0.717) is 5.39 Å². The molecule has 0 N–H and O–H groups in total. The lowest BCUT2D eigenvalue weighted by molar-refractivity contribution is 0.817. The first-order valence-electron chi connectivity index (χ1n) is 9.72. The summed E-state index contributed by atoms with van der Waals surface area (Å²) >= 11 is 1.61. The van der Waals surface area contributed by atoms with Crippen LogP contribution in [-0.2, 0) is 5.75 Å². The van der Waals surface area contributed by atoms with Gasteiger partial charge in [0.2, 0.25) is 0 Å². The number of aromatic nitrogens is 2. The van der Waals surface area contributed by atoms with Crippen LogP contribution < -0.4 is 5.56 Å². The summed E-state index contributed by atoms with van der Waals surface area (Å²) < 4.78 is 1.76. The Bertz CT molecular complexity index is 1250. The van der Waals surface area contributed by atoms with Crippen molar-refractivity contribution in [2.75, 3.05) is 0 Å². The Morgan fingerprint density at radius 2 is 1.59 bits per heavy atom. The van der Waals surface area contributed by atoms with E-state index in [4.69, 9.17) is 4.98 Å². The molecule has 0 bridgehead atoms. The zero-order chi connectivity index (χ0) is 20.5. The summed E-state index contributed by atoms with van der Waals surface area (Å²) in [6.45, 7) is 8.34. The van der Waals surface area contributed by atoms with Crippen molar-refractivity contribution >= 4 is 22.7 Å². The van der Waals surface area contributed by atoms with Gasteiger partial charge in [-0.05, 0) is 74.2 Å². The molecule has 0 aliphatic carbocycles. The van der Waals surface area contributed by atoms with Crippen molar-refractivity contribution in [3.05, 3.63) is 98.8 Å². The maximum atomic E-state index is 13.4. The molecule has 146 valence electrons. The van der Waals surface area contributed by atoms with Crippen LogP contribution in [0, 0.1) is 27.7 Å². The summed E-state index contributed by atoms with van der Waals surface area (Å²) in [6, 6.07) is 20.3. The highest BCUT2D eigenvalue weighted by molar-refractivity contribution is 7.98. The molecule has 1 aromatic heterocycles. The molecule has 0 aliphatic heterocycles. The van der Waals surface area contributed by atoms with Gasteiger partial charge in [0, 0.05) is 5.75 Å². The summed E-state index contributed by atoms with van der Waals surface area (Å²) in [5.41, 5.74) is 7.61. The number of aryl methyl sites for hydroxylation is 4. The van der Waals surface area contributed by atoms with Crippen molar-refractivity contribution in [2.45, 2.75) is 38.6 Å². The van der Waals surface area contributed by atoms with Crippen molar-refractivity contribution in [3.63, 3.8) is 0 Å². The third-order valence-corrected chi connectivity index (χ3v) is 6.06. The van der Waals surface area contributed by atoms with Gasteiger partial charge in [0.1, 0.15) is 0 Å². The third kappa shape index (κ3) is 3.99. The Hall–Kier alpha value is -2.85. The van der Waals surface area contributed by atoms with Crippen LogP contribution in [-0.4, -0.2) is 9.55 Å². The van der Waals surface area contributed by atoms with Gasteiger partial charge in [-0.1, -0.05) is 53.7 Å². The number of rotatable bonds is 4. The molecule has 4 rings (SSSR count). The molecule has 0 amide bonds. The Morgan fingerprint density at radius 1 is 0.862 bits per heavy atom. The Labute approximate surface area is 175 Å². The summed E-state index contributed by atoms with van der Waals surface area (Å²) in [6.07, 6.45) is 0. The van der Waals surface area contributed by atoms with Gasteiger partial charge >= 0.3 is 0 Å². The minimum Gasteiger partial charge on any atom is -0.268 e. The standard InChI is InChI=1S/C25H24N2OS/c1-16-9-10-19(4)20(12-16)15-29-25-26-23-8-6-5-7-22(23)24(28)27(25)21-13-17(2)11-18(3)14-21/h5-14H,15H2,1-4H3. The van der Waals surface area contributed by atoms with Crippen molar-refractivity contribution < 1.29 is 0 Å². The van der Waals surface area contributed by atoms with E-state index in [9.17, 15) is 4.79 Å². The Balaban J connectivity index is 1.87. The maximum Gasteiger partial charge on any atom is 0.266 e. The van der Waals surface area contributed by atoms with E-state index in [-0.39, 0.29) is 5.56 Å². The highest BCUT2D eigenvalue weighted by Gasteiger charge is 2.14. The van der Waals surface area contributed by atoms with Crippen molar-refractivity contribution in [1.82, 2.24) is 9.55 Å². The van der Waals surface area contributed by atoms with Gasteiger partial charge in [0.05, 0.1) is 16.6 Å². The van der Waals surface area contributed by atoms with Crippen LogP contribution >= 0.6 is 11.8 Å². The molecule has 0 saturated heterocycles. The molecule has 0 aliphatic rings. The highest BCUT2D eigenvalue weighted by atomic mass is 32.2. The van der Waals surface area contributed by atoms with Gasteiger partial charge in [0.15, 0.2) is 5.16 Å². The number of thioether (sulfide) groups is 1. The van der Waals surface area contributed by atoms with Crippen LogP contribution in [0.1, 0.15) is 27.8 Å². The van der Waals surface area contributed by atoms with Crippen LogP contribution in [0.5, 0.6) is 0 Å². The van der Waals surface area contributed by atoms with Crippen LogP contribution in [0.4, 0.5) is 0 Å². The number of para-hydroxylation sites is 1. The van der Waals surface area contributed by atoms with Gasteiger partial charge in [-0.2, -0.15) is 0 Å². The van der Waals surface area contributed by atoms with Gasteiger partial charge < -0.3 is 0 Å². The lowest BCUT2D eigenvalue weighted by Gasteiger charge is -2.15. The third-order valence-electron chi connectivity index (χ3n) is 5.07. The number of fused-ring (bicyclic) bond motifs is 1. The van der Waals surface area contributed by atoms with E-state index in [1.54, 1.807) is 16.3 Å². The summed E-state index contributed by atoms with van der Waals surface area (Å²) in [7, 11) is 0. The van der Waals surface area contributed by atoms with Gasteiger partial charge in [0.25, 0.3) is 5.56 Å². The minimum atomic E-state index is -0.0240. The van der Waals surface area contributed by atoms with E-state index >= 15 is 0 Å². The van der Waals surface area contributed by atoms with E-state index in [1.807, 2.05) is 36.4 Å². The van der Waals surface area contributed by atoms with E-state index in [1.165, 1.54) is 16.7 Å². The van der Waals surface area contributed by atoms with Crippen molar-refractivity contribution in [3.8, 4) is 5.69 Å². The summed E-state index contributed by atoms with van der Waals surface area (Å²) in [4.78, 5) is 18.3. The molecule has 0 atom stereocenters. The predicted molar refractivity (Wildman–Crippen MR) is 122 cm³/mol. The van der Waals surface area contributed by atoms with Crippen LogP contribution in [0.3, 0.4) is 0 Å². The SMILES string of the molecule is Cc1cc(C)cc(-n2c(SCc3cc(C)ccc3C)nc3ccccc3c2=O)c1. The smallest absolute Gasteiger partial charge is 0.266 e. The first kappa shape index (κ1) is 19.5. The average Bonchev–Trinajstić information content (AvgIpc) is 2.68. The fourth-order valence-corrected chi connectivity index (χ4v) is 4.69. The summed E-state index contributed by atoms with van der Waals surface area (Å²) in [5, 5.41) is 1.36. The maximum absolute atomic E-state index is 13.4. The molecule has 4 heteroatoms. The Morgan fingerprint density at radius 3 is 2.34 bits per heavy atom. The predicted octanol–water partition coefficient (Wildman–Crippen LogP) is 5.91. The van der Waals surface area contributed by atoms with Crippen LogP contribution in [0.15, 0.2) is 70.6 Å². The van der Waals surface area contributed by atoms with Crippen molar-refractivity contribution in [1.29, 1.82) is 0 Å². The number of benzene rings is 3. The van der Waals surface area contributed by atoms with Gasteiger partial charge in [-0.3, -0.25) is 9.36 Å². The zero-order valence-electron chi connectivity index (χ0n) is 17.2. The molecular weight excluding hydrogens is 376 g/mol. The normalized spacial score (nSPS) is 11.2. The zero-order valence-corrected chi connectivity index (χ0v) is 18.0. The monoisotopic (exact) mass is 400 g/mol. The molecular formula is C25H24N2OS. The molecule has 29 heavy (non-hydrogen) atoms. The molecule has 4 aromatic rings. The Kier molecular flexibility index (Phi) is 5.29. The quantitative estimate of drug-likeness (QED) is 0.315. The van der Waals surface area contributed by atoms with Crippen LogP contribution in [0.25, 0.3) is 16.6 Å². The molecule has 0 unspecified atom stereocenters. The van der Waals surface area contributed by atoms with E-state index in [2.05, 4.69) is 52.0 Å². The van der Waals surface area contributed by atoms with Crippen LogP contribution in [0.2, 0.25) is 0 Å². The average molecular weight is 401 g/mol. The molecule has 0 fully saturated rings. The van der Waals surface area contributed by atoms with Gasteiger partial charge in [-0.15, -0.1) is 0 Å². The largest absolute Gasteiger partial charge is 0.268 e. The first-order chi connectivity index (χ1) is 13.9. The topological polar surface area (TPSA) is 34.9 Å². The molecule has 3 aromatic carbocycles. The molecule has 0 radical (unpaired) electrons. The number of nitrogens with zero attached hydrogens (tertiary/aromatic N) is 2. The highest BCUT2D eigenvalue weighted by Crippen LogP contribution is 2.27. The second-order valence-electron chi connectivity index (χ2n) is 7.62. The minimum absolute atomic E-state index is 0.0240. The van der Waals surface area contributed by atoms with Crippen molar-refractivity contribution in [2.24, 2.45) is 0 Å². The number of hydrogen-bond donors (Lipinski definition) is 0. The lowest BCUT2D eigenvalue weighted by Crippen LogP contribution is -2.22. The second-order valence-corrected chi connectivity index (χ2v) is 8.56. The molecule has 3 nitrogen and oxygen atoms in total. The lowest BCUT2D eigenvalue weighted by atomic mass is 10.1.